The fourth-order valence-electron chi connectivity index (χ4n) is 2.93. The van der Waals surface area contributed by atoms with Crippen molar-refractivity contribution in [1.82, 2.24) is 0 Å². The minimum Gasteiger partial charge on any atom is -0.373 e. The van der Waals surface area contributed by atoms with Crippen LogP contribution in [-0.4, -0.2) is 4.92 Å². The molecule has 0 saturated heterocycles. The van der Waals surface area contributed by atoms with E-state index in [1.807, 2.05) is 13.0 Å². The summed E-state index contributed by atoms with van der Waals surface area (Å²) in [6, 6.07) is 13.4. The molecule has 2 aromatic rings. The summed E-state index contributed by atoms with van der Waals surface area (Å²) in [6.07, 6.45) is 3.54. The molecule has 0 aliphatic heterocycles. The van der Waals surface area contributed by atoms with Gasteiger partial charge in [-0.3, -0.25) is 10.1 Å². The van der Waals surface area contributed by atoms with Gasteiger partial charge in [-0.1, -0.05) is 30.3 Å². The average molecular weight is 282 g/mol. The molecule has 4 heteroatoms. The fraction of sp³-hybridized carbons (Fsp3) is 0.294. The molecule has 108 valence electrons. The molecular formula is C17H18N2O2. The zero-order valence-corrected chi connectivity index (χ0v) is 12.0. The van der Waals surface area contributed by atoms with E-state index in [0.717, 1.165) is 6.42 Å². The highest BCUT2D eigenvalue weighted by Gasteiger charge is 2.17. The van der Waals surface area contributed by atoms with E-state index in [2.05, 4.69) is 23.5 Å². The standard InChI is InChI=1S/C17H18N2O2/c1-12(14-10-9-13-5-4-6-15(13)11-14)18-16-7-2-3-8-17(16)19(20)21/h2-3,7-12,18H,4-6H2,1H3. The summed E-state index contributed by atoms with van der Waals surface area (Å²) in [6.45, 7) is 2.04. The Bertz CT molecular complexity index is 682. The van der Waals surface area contributed by atoms with Crippen molar-refractivity contribution in [2.24, 2.45) is 0 Å². The van der Waals surface area contributed by atoms with Crippen molar-refractivity contribution in [3.8, 4) is 0 Å². The lowest BCUT2D eigenvalue weighted by molar-refractivity contribution is -0.384. The van der Waals surface area contributed by atoms with Crippen molar-refractivity contribution >= 4 is 11.4 Å². The summed E-state index contributed by atoms with van der Waals surface area (Å²) in [5, 5.41) is 14.3. The van der Waals surface area contributed by atoms with E-state index in [4.69, 9.17) is 0 Å². The predicted molar refractivity (Wildman–Crippen MR) is 83.6 cm³/mol. The van der Waals surface area contributed by atoms with Gasteiger partial charge in [0.1, 0.15) is 5.69 Å². The number of para-hydroxylation sites is 2. The van der Waals surface area contributed by atoms with E-state index in [-0.39, 0.29) is 16.7 Å². The van der Waals surface area contributed by atoms with Crippen LogP contribution in [0, 0.1) is 10.1 Å². The topological polar surface area (TPSA) is 55.2 Å². The number of benzene rings is 2. The Morgan fingerprint density at radius 3 is 2.71 bits per heavy atom. The Morgan fingerprint density at radius 2 is 1.90 bits per heavy atom. The molecule has 1 aliphatic carbocycles. The van der Waals surface area contributed by atoms with Gasteiger partial charge >= 0.3 is 0 Å². The molecule has 1 unspecified atom stereocenters. The molecule has 21 heavy (non-hydrogen) atoms. The molecule has 1 N–H and O–H groups in total. The normalized spacial score (nSPS) is 14.5. The first-order valence-corrected chi connectivity index (χ1v) is 7.27. The number of fused-ring (bicyclic) bond motifs is 1. The van der Waals surface area contributed by atoms with E-state index < -0.39 is 0 Å². The largest absolute Gasteiger partial charge is 0.373 e. The summed E-state index contributed by atoms with van der Waals surface area (Å²) in [5.41, 5.74) is 4.72. The molecule has 0 radical (unpaired) electrons. The molecular weight excluding hydrogens is 264 g/mol. The maximum Gasteiger partial charge on any atom is 0.292 e. The van der Waals surface area contributed by atoms with Gasteiger partial charge in [0, 0.05) is 12.1 Å². The SMILES string of the molecule is CC(Nc1ccccc1[N+](=O)[O-])c1ccc2c(c1)CCC2. The zero-order chi connectivity index (χ0) is 14.8. The number of hydrogen-bond acceptors (Lipinski definition) is 3. The van der Waals surface area contributed by atoms with Crippen LogP contribution < -0.4 is 5.32 Å². The minimum absolute atomic E-state index is 0.0389. The summed E-state index contributed by atoms with van der Waals surface area (Å²) in [5.74, 6) is 0. The lowest BCUT2D eigenvalue weighted by Crippen LogP contribution is -2.08. The van der Waals surface area contributed by atoms with Crippen LogP contribution in [0.15, 0.2) is 42.5 Å². The zero-order valence-electron chi connectivity index (χ0n) is 12.0. The number of nitrogens with zero attached hydrogens (tertiary/aromatic N) is 1. The highest BCUT2D eigenvalue weighted by atomic mass is 16.6. The lowest BCUT2D eigenvalue weighted by Gasteiger charge is -2.16. The Morgan fingerprint density at radius 1 is 1.14 bits per heavy atom. The van der Waals surface area contributed by atoms with Crippen LogP contribution in [0.1, 0.15) is 36.1 Å². The summed E-state index contributed by atoms with van der Waals surface area (Å²) in [7, 11) is 0. The number of anilines is 1. The van der Waals surface area contributed by atoms with E-state index >= 15 is 0 Å². The Kier molecular flexibility index (Phi) is 3.60. The molecule has 0 aromatic heterocycles. The third-order valence-electron chi connectivity index (χ3n) is 4.10. The van der Waals surface area contributed by atoms with E-state index in [0.29, 0.717) is 5.69 Å². The molecule has 3 rings (SSSR count). The monoisotopic (exact) mass is 282 g/mol. The van der Waals surface area contributed by atoms with Gasteiger partial charge in [-0.15, -0.1) is 0 Å². The van der Waals surface area contributed by atoms with Crippen LogP contribution in [0.25, 0.3) is 0 Å². The second-order valence-corrected chi connectivity index (χ2v) is 5.52. The van der Waals surface area contributed by atoms with Crippen molar-refractivity contribution in [2.75, 3.05) is 5.32 Å². The Balaban J connectivity index is 1.83. The highest BCUT2D eigenvalue weighted by molar-refractivity contribution is 5.62. The molecule has 0 fully saturated rings. The highest BCUT2D eigenvalue weighted by Crippen LogP contribution is 2.30. The van der Waals surface area contributed by atoms with Gasteiger partial charge in [0.25, 0.3) is 5.69 Å². The van der Waals surface area contributed by atoms with Crippen LogP contribution in [0.3, 0.4) is 0 Å². The van der Waals surface area contributed by atoms with Gasteiger partial charge in [-0.05, 0) is 48.9 Å². The summed E-state index contributed by atoms with van der Waals surface area (Å²) >= 11 is 0. The molecule has 0 saturated carbocycles. The molecule has 1 aliphatic rings. The van der Waals surface area contributed by atoms with E-state index in [9.17, 15) is 10.1 Å². The van der Waals surface area contributed by atoms with Crippen LogP contribution in [0.4, 0.5) is 11.4 Å². The maximum atomic E-state index is 11.1. The van der Waals surface area contributed by atoms with Crippen LogP contribution in [0.5, 0.6) is 0 Å². The molecule has 2 aromatic carbocycles. The van der Waals surface area contributed by atoms with Crippen LogP contribution in [0.2, 0.25) is 0 Å². The average Bonchev–Trinajstić information content (AvgIpc) is 2.94. The van der Waals surface area contributed by atoms with Crippen molar-refractivity contribution in [3.05, 3.63) is 69.3 Å². The Hall–Kier alpha value is -2.36. The van der Waals surface area contributed by atoms with Gasteiger partial charge in [-0.2, -0.15) is 0 Å². The number of nitro benzene ring substituents is 1. The first-order chi connectivity index (χ1) is 10.1. The second kappa shape index (κ2) is 5.56. The predicted octanol–water partition coefficient (Wildman–Crippen LogP) is 4.26. The van der Waals surface area contributed by atoms with Crippen molar-refractivity contribution in [1.29, 1.82) is 0 Å². The molecule has 0 heterocycles. The third kappa shape index (κ3) is 2.75. The molecule has 0 bridgehead atoms. The number of rotatable bonds is 4. The number of aryl methyl sites for hydroxylation is 2. The first kappa shape index (κ1) is 13.6. The molecule has 0 spiro atoms. The summed E-state index contributed by atoms with van der Waals surface area (Å²) in [4.78, 5) is 10.7. The van der Waals surface area contributed by atoms with E-state index in [1.165, 1.54) is 35.6 Å². The number of nitrogens with one attached hydrogen (secondary N) is 1. The van der Waals surface area contributed by atoms with Crippen molar-refractivity contribution in [3.63, 3.8) is 0 Å². The fourth-order valence-corrected chi connectivity index (χ4v) is 2.93. The number of nitro groups is 1. The van der Waals surface area contributed by atoms with Crippen molar-refractivity contribution < 1.29 is 4.92 Å². The number of hydrogen-bond donors (Lipinski definition) is 1. The van der Waals surface area contributed by atoms with Gasteiger partial charge in [0.2, 0.25) is 0 Å². The van der Waals surface area contributed by atoms with E-state index in [1.54, 1.807) is 12.1 Å². The van der Waals surface area contributed by atoms with Gasteiger partial charge in [-0.25, -0.2) is 0 Å². The van der Waals surface area contributed by atoms with Gasteiger partial charge in [0.15, 0.2) is 0 Å². The maximum absolute atomic E-state index is 11.1. The quantitative estimate of drug-likeness (QED) is 0.673. The molecule has 0 amide bonds. The first-order valence-electron chi connectivity index (χ1n) is 7.27. The summed E-state index contributed by atoms with van der Waals surface area (Å²) < 4.78 is 0. The second-order valence-electron chi connectivity index (χ2n) is 5.52. The smallest absolute Gasteiger partial charge is 0.292 e. The minimum atomic E-state index is -0.349. The van der Waals surface area contributed by atoms with Gasteiger partial charge in [0.05, 0.1) is 4.92 Å². The molecule has 4 nitrogen and oxygen atoms in total. The molecule has 1 atom stereocenters. The third-order valence-corrected chi connectivity index (χ3v) is 4.10. The van der Waals surface area contributed by atoms with Crippen molar-refractivity contribution in [2.45, 2.75) is 32.2 Å². The van der Waals surface area contributed by atoms with Gasteiger partial charge < -0.3 is 5.32 Å². The lowest BCUT2D eigenvalue weighted by atomic mass is 10.0. The Labute approximate surface area is 124 Å². The van der Waals surface area contributed by atoms with Crippen LogP contribution >= 0.6 is 0 Å². The van der Waals surface area contributed by atoms with Crippen LogP contribution in [-0.2, 0) is 12.8 Å².